The molecule has 1 saturated carbocycles. The van der Waals surface area contributed by atoms with Crippen molar-refractivity contribution in [2.75, 3.05) is 21.1 Å². The average Bonchev–Trinajstić information content (AvgIpc) is 3.23. The summed E-state index contributed by atoms with van der Waals surface area (Å²) in [5.74, 6) is -2.23. The van der Waals surface area contributed by atoms with Crippen LogP contribution >= 0.6 is 0 Å². The number of alkyl halides is 3. The molecule has 11 nitrogen and oxygen atoms in total. The lowest BCUT2D eigenvalue weighted by atomic mass is 10.1. The van der Waals surface area contributed by atoms with Gasteiger partial charge in [0.1, 0.15) is 17.5 Å². The number of hydrogen-bond acceptors (Lipinski definition) is 7. The van der Waals surface area contributed by atoms with Crippen LogP contribution in [0.1, 0.15) is 25.6 Å². The van der Waals surface area contributed by atoms with E-state index in [1.807, 2.05) is 0 Å². The van der Waals surface area contributed by atoms with E-state index in [2.05, 4.69) is 35.4 Å². The fourth-order valence-corrected chi connectivity index (χ4v) is 4.45. The first kappa shape index (κ1) is 25.5. The van der Waals surface area contributed by atoms with E-state index in [4.69, 9.17) is 0 Å². The number of nitrogens with one attached hydrogen (secondary N) is 4. The van der Waals surface area contributed by atoms with E-state index in [1.165, 1.54) is 13.0 Å². The molecule has 38 heavy (non-hydrogen) atoms. The molecule has 200 valence electrons. The maximum atomic E-state index is 13.4. The van der Waals surface area contributed by atoms with Gasteiger partial charge < -0.3 is 15.6 Å². The van der Waals surface area contributed by atoms with Gasteiger partial charge in [0, 0.05) is 24.9 Å². The molecular formula is C23H23F3N8O3S. The zero-order chi connectivity index (χ0) is 27.2. The third-order valence-corrected chi connectivity index (χ3v) is 7.25. The fraction of sp³-hybridized carbons (Fsp3) is 0.304. The summed E-state index contributed by atoms with van der Waals surface area (Å²) in [5.41, 5.74) is 2.08. The summed E-state index contributed by atoms with van der Waals surface area (Å²) >= 11 is 0. The van der Waals surface area contributed by atoms with Gasteiger partial charge in [0.05, 0.1) is 34.9 Å². The maximum absolute atomic E-state index is 13.4. The molecule has 15 heteroatoms. The molecule has 0 spiro atoms. The zero-order valence-corrected chi connectivity index (χ0v) is 21.0. The first-order valence-electron chi connectivity index (χ1n) is 11.6. The standard InChI is InChI=1S/C23H23F3N8O3S/c1-3-38(36,37)33-16-6-11(12-9-27-34(2)10-12)4-5-15(16)28-17-8-18(30-23(35)13-7-14(13)24)29-21-19(17)31-22(32-21)20(25)26/h4-6,8-10,13-14,20,33H,3,7H2,1-2H3,(H3,28,29,30,31,32,35)/t13-,14+/m1/s1. The van der Waals surface area contributed by atoms with Gasteiger partial charge in [0.15, 0.2) is 11.5 Å². The number of rotatable bonds is 9. The van der Waals surface area contributed by atoms with Crippen LogP contribution in [0.4, 0.5) is 36.1 Å². The molecule has 5 rings (SSSR count). The predicted molar refractivity (Wildman–Crippen MR) is 135 cm³/mol. The minimum atomic E-state index is -3.70. The largest absolute Gasteiger partial charge is 0.352 e. The molecule has 4 aromatic rings. The molecule has 0 saturated heterocycles. The Hall–Kier alpha value is -4.14. The van der Waals surface area contributed by atoms with Gasteiger partial charge in [-0.05, 0) is 31.0 Å². The van der Waals surface area contributed by atoms with Crippen LogP contribution in [0.15, 0.2) is 36.7 Å². The lowest BCUT2D eigenvalue weighted by molar-refractivity contribution is -0.117. The van der Waals surface area contributed by atoms with Crippen LogP contribution in [0.25, 0.3) is 22.3 Å². The van der Waals surface area contributed by atoms with Crippen LogP contribution in [0.2, 0.25) is 0 Å². The van der Waals surface area contributed by atoms with Crippen LogP contribution in [0.3, 0.4) is 0 Å². The highest BCUT2D eigenvalue weighted by Gasteiger charge is 2.43. The summed E-state index contributed by atoms with van der Waals surface area (Å²) in [4.78, 5) is 22.7. The van der Waals surface area contributed by atoms with E-state index in [-0.39, 0.29) is 40.5 Å². The van der Waals surface area contributed by atoms with Crippen molar-refractivity contribution in [2.45, 2.75) is 25.9 Å². The highest BCUT2D eigenvalue weighted by Crippen LogP contribution is 2.37. The van der Waals surface area contributed by atoms with Crippen LogP contribution < -0.4 is 15.4 Å². The van der Waals surface area contributed by atoms with E-state index < -0.39 is 40.3 Å². The van der Waals surface area contributed by atoms with Gasteiger partial charge >= 0.3 is 0 Å². The third kappa shape index (κ3) is 5.27. The van der Waals surface area contributed by atoms with Crippen LogP contribution in [0, 0.1) is 5.92 Å². The number of imidazole rings is 1. The van der Waals surface area contributed by atoms with Crippen LogP contribution in [-0.2, 0) is 21.9 Å². The van der Waals surface area contributed by atoms with E-state index in [0.717, 1.165) is 5.56 Å². The second kappa shape index (κ2) is 9.63. The molecule has 4 N–H and O–H groups in total. The quantitative estimate of drug-likeness (QED) is 0.246. The van der Waals surface area contributed by atoms with E-state index in [1.54, 1.807) is 42.3 Å². The van der Waals surface area contributed by atoms with E-state index >= 15 is 0 Å². The number of aromatic amines is 1. The molecule has 3 aromatic heterocycles. The normalized spacial score (nSPS) is 17.1. The first-order chi connectivity index (χ1) is 18.0. The lowest BCUT2D eigenvalue weighted by Crippen LogP contribution is -2.16. The maximum Gasteiger partial charge on any atom is 0.295 e. The topological polar surface area (TPSA) is 147 Å². The number of aryl methyl sites for hydroxylation is 1. The minimum absolute atomic E-state index is 0.0286. The number of H-pyrrole nitrogens is 1. The zero-order valence-electron chi connectivity index (χ0n) is 20.2. The Balaban J connectivity index is 1.57. The summed E-state index contributed by atoms with van der Waals surface area (Å²) in [5, 5.41) is 9.66. The summed E-state index contributed by atoms with van der Waals surface area (Å²) in [6.07, 6.45) is -0.666. The third-order valence-electron chi connectivity index (χ3n) is 5.96. The fourth-order valence-electron chi connectivity index (χ4n) is 3.80. The molecule has 1 aliphatic rings. The van der Waals surface area contributed by atoms with Gasteiger partial charge in [-0.1, -0.05) is 6.07 Å². The smallest absolute Gasteiger partial charge is 0.295 e. The number of sulfonamides is 1. The Morgan fingerprint density at radius 2 is 1.95 bits per heavy atom. The first-order valence-corrected chi connectivity index (χ1v) is 13.2. The molecule has 1 amide bonds. The van der Waals surface area contributed by atoms with Gasteiger partial charge in [-0.15, -0.1) is 0 Å². The number of aromatic nitrogens is 5. The van der Waals surface area contributed by atoms with Crippen LogP contribution in [-0.4, -0.2) is 51.0 Å². The highest BCUT2D eigenvalue weighted by atomic mass is 32.2. The predicted octanol–water partition coefficient (Wildman–Crippen LogP) is 4.10. The minimum Gasteiger partial charge on any atom is -0.352 e. The Labute approximate surface area is 214 Å². The van der Waals surface area contributed by atoms with Gasteiger partial charge in [0.2, 0.25) is 15.9 Å². The van der Waals surface area contributed by atoms with Crippen molar-refractivity contribution < 1.29 is 26.4 Å². The second-order valence-corrected chi connectivity index (χ2v) is 10.8. The number of halogens is 3. The van der Waals surface area contributed by atoms with Crippen molar-refractivity contribution in [3.05, 3.63) is 42.5 Å². The molecule has 0 radical (unpaired) electrons. The average molecular weight is 549 g/mol. The molecule has 1 fully saturated rings. The molecular weight excluding hydrogens is 525 g/mol. The Morgan fingerprint density at radius 3 is 2.58 bits per heavy atom. The summed E-state index contributed by atoms with van der Waals surface area (Å²) in [6, 6.07) is 6.33. The van der Waals surface area contributed by atoms with Crippen LogP contribution in [0.5, 0.6) is 0 Å². The molecule has 1 aromatic carbocycles. The monoisotopic (exact) mass is 548 g/mol. The molecule has 0 unspecified atom stereocenters. The molecule has 0 aliphatic heterocycles. The van der Waals surface area contributed by atoms with E-state index in [0.29, 0.717) is 11.3 Å². The van der Waals surface area contributed by atoms with Crippen molar-refractivity contribution in [1.82, 2.24) is 24.7 Å². The lowest BCUT2D eigenvalue weighted by Gasteiger charge is -2.16. The van der Waals surface area contributed by atoms with Gasteiger partial charge in [-0.3, -0.25) is 14.2 Å². The highest BCUT2D eigenvalue weighted by molar-refractivity contribution is 7.92. The van der Waals surface area contributed by atoms with Crippen molar-refractivity contribution >= 4 is 50.0 Å². The number of amides is 1. The van der Waals surface area contributed by atoms with Gasteiger partial charge in [-0.25, -0.2) is 31.6 Å². The Morgan fingerprint density at radius 1 is 1.18 bits per heavy atom. The SMILES string of the molecule is CCS(=O)(=O)Nc1cc(-c2cnn(C)c2)ccc1Nc1cc(NC(=O)[C@@H]2C[C@@H]2F)nc2nc(C(F)F)[nH]c12. The number of fused-ring (bicyclic) bond motifs is 1. The number of pyridine rings is 1. The summed E-state index contributed by atoms with van der Waals surface area (Å²) in [7, 11) is -1.95. The number of hydrogen-bond donors (Lipinski definition) is 4. The Bertz CT molecular complexity index is 1640. The number of nitrogens with zero attached hydrogens (tertiary/aromatic N) is 4. The number of anilines is 4. The summed E-state index contributed by atoms with van der Waals surface area (Å²) < 4.78 is 69.2. The molecule has 3 heterocycles. The van der Waals surface area contributed by atoms with Gasteiger partial charge in [-0.2, -0.15) is 5.10 Å². The van der Waals surface area contributed by atoms with Crippen molar-refractivity contribution in [1.29, 1.82) is 0 Å². The molecule has 0 bridgehead atoms. The summed E-state index contributed by atoms with van der Waals surface area (Å²) in [6.45, 7) is 1.49. The Kier molecular flexibility index (Phi) is 6.46. The van der Waals surface area contributed by atoms with Gasteiger partial charge in [0.25, 0.3) is 6.43 Å². The van der Waals surface area contributed by atoms with Crippen molar-refractivity contribution in [2.24, 2.45) is 13.0 Å². The molecule has 2 atom stereocenters. The van der Waals surface area contributed by atoms with E-state index in [9.17, 15) is 26.4 Å². The van der Waals surface area contributed by atoms with Crippen molar-refractivity contribution in [3.8, 4) is 11.1 Å². The number of carbonyl (C=O) groups excluding carboxylic acids is 1. The molecule has 1 aliphatic carbocycles. The second-order valence-electron chi connectivity index (χ2n) is 8.82. The van der Waals surface area contributed by atoms with Crippen molar-refractivity contribution in [3.63, 3.8) is 0 Å². The number of benzene rings is 1. The number of carbonyl (C=O) groups is 1.